The summed E-state index contributed by atoms with van der Waals surface area (Å²) in [6.45, 7) is 8.22. The predicted molar refractivity (Wildman–Crippen MR) is 91.3 cm³/mol. The lowest BCUT2D eigenvalue weighted by Crippen LogP contribution is -2.00. The van der Waals surface area contributed by atoms with Gasteiger partial charge in [0, 0.05) is 27.1 Å². The van der Waals surface area contributed by atoms with Crippen LogP contribution < -0.4 is 0 Å². The third kappa shape index (κ3) is 2.08. The molecule has 0 aliphatic rings. The Hall–Kier alpha value is -2.01. The van der Waals surface area contributed by atoms with Gasteiger partial charge in [0.1, 0.15) is 5.75 Å². The number of aryl methyl sites for hydroxylation is 4. The van der Waals surface area contributed by atoms with Crippen molar-refractivity contribution in [3.8, 4) is 11.4 Å². The number of fused-ring (bicyclic) bond motifs is 1. The second-order valence-electron chi connectivity index (χ2n) is 5.48. The van der Waals surface area contributed by atoms with Crippen LogP contribution >= 0.6 is 11.8 Å². The lowest BCUT2D eigenvalue weighted by Gasteiger charge is -2.13. The minimum absolute atomic E-state index is 0.288. The van der Waals surface area contributed by atoms with E-state index in [0.29, 0.717) is 0 Å². The largest absolute Gasteiger partial charge is 0.508 e. The number of benzene rings is 1. The van der Waals surface area contributed by atoms with Crippen molar-refractivity contribution in [2.75, 3.05) is 6.26 Å². The van der Waals surface area contributed by atoms with Crippen molar-refractivity contribution in [1.29, 1.82) is 0 Å². The van der Waals surface area contributed by atoms with Gasteiger partial charge in [-0.15, -0.1) is 11.8 Å². The molecule has 0 radical (unpaired) electrons. The molecule has 3 rings (SSSR count). The van der Waals surface area contributed by atoms with E-state index in [4.69, 9.17) is 0 Å². The zero-order valence-corrected chi connectivity index (χ0v) is 14.2. The maximum Gasteiger partial charge on any atom is 0.116 e. The van der Waals surface area contributed by atoms with E-state index in [1.807, 2.05) is 26.2 Å². The molecule has 114 valence electrons. The van der Waals surface area contributed by atoms with Crippen LogP contribution in [-0.4, -0.2) is 26.1 Å². The molecule has 1 N–H and O–H groups in total. The molecule has 0 aliphatic heterocycles. The molecule has 4 nitrogen and oxygen atoms in total. The van der Waals surface area contributed by atoms with Gasteiger partial charge in [-0.1, -0.05) is 0 Å². The quantitative estimate of drug-likeness (QED) is 0.724. The summed E-state index contributed by atoms with van der Waals surface area (Å²) in [5.41, 5.74) is 5.29. The normalized spacial score (nSPS) is 11.3. The van der Waals surface area contributed by atoms with Crippen molar-refractivity contribution in [1.82, 2.24) is 14.8 Å². The molecule has 0 aliphatic carbocycles. The molecule has 0 saturated carbocycles. The van der Waals surface area contributed by atoms with Gasteiger partial charge >= 0.3 is 0 Å². The Labute approximate surface area is 134 Å². The Morgan fingerprint density at radius 3 is 2.00 bits per heavy atom. The number of phenols is 1. The van der Waals surface area contributed by atoms with Crippen LogP contribution in [-0.2, 0) is 0 Å². The van der Waals surface area contributed by atoms with Crippen molar-refractivity contribution >= 4 is 22.5 Å². The first-order valence-electron chi connectivity index (χ1n) is 7.14. The van der Waals surface area contributed by atoms with Crippen LogP contribution in [0.15, 0.2) is 23.1 Å². The molecule has 1 aromatic carbocycles. The fourth-order valence-electron chi connectivity index (χ4n) is 3.18. The lowest BCUT2D eigenvalue weighted by atomic mass is 10.1. The third-order valence-electron chi connectivity index (χ3n) is 4.12. The van der Waals surface area contributed by atoms with Crippen LogP contribution in [0, 0.1) is 27.7 Å². The molecule has 2 aromatic heterocycles. The molecular weight excluding hydrogens is 294 g/mol. The fraction of sp³-hybridized carbons (Fsp3) is 0.294. The molecule has 2 heterocycles. The van der Waals surface area contributed by atoms with E-state index in [2.05, 4.69) is 28.6 Å². The molecule has 0 amide bonds. The highest BCUT2D eigenvalue weighted by Crippen LogP contribution is 2.35. The van der Waals surface area contributed by atoms with Crippen LogP contribution in [0.4, 0.5) is 0 Å². The molecule has 0 unspecified atom stereocenters. The summed E-state index contributed by atoms with van der Waals surface area (Å²) in [6, 6.07) is 5.50. The molecule has 0 saturated heterocycles. The van der Waals surface area contributed by atoms with Crippen molar-refractivity contribution in [3.05, 3.63) is 41.0 Å². The second-order valence-corrected chi connectivity index (χ2v) is 6.33. The summed E-state index contributed by atoms with van der Waals surface area (Å²) >= 11 is 1.63. The number of aromatic nitrogens is 3. The Kier molecular flexibility index (Phi) is 3.60. The van der Waals surface area contributed by atoms with Crippen molar-refractivity contribution in [3.63, 3.8) is 0 Å². The number of rotatable bonds is 2. The van der Waals surface area contributed by atoms with Gasteiger partial charge in [0.15, 0.2) is 0 Å². The van der Waals surface area contributed by atoms with Gasteiger partial charge in [-0.2, -0.15) is 10.2 Å². The van der Waals surface area contributed by atoms with Gasteiger partial charge in [-0.25, -0.2) is 0 Å². The zero-order valence-electron chi connectivity index (χ0n) is 13.4. The summed E-state index contributed by atoms with van der Waals surface area (Å²) in [5.74, 6) is 0.288. The van der Waals surface area contributed by atoms with Crippen LogP contribution in [0.5, 0.6) is 5.75 Å². The summed E-state index contributed by atoms with van der Waals surface area (Å²) in [4.78, 5) is 1.04. The van der Waals surface area contributed by atoms with Crippen LogP contribution in [0.1, 0.15) is 22.8 Å². The van der Waals surface area contributed by atoms with Crippen LogP contribution in [0.25, 0.3) is 16.5 Å². The number of nitrogens with zero attached hydrogens (tertiary/aromatic N) is 3. The third-order valence-corrected chi connectivity index (χ3v) is 4.89. The first-order valence-corrected chi connectivity index (χ1v) is 8.37. The maximum atomic E-state index is 9.74. The topological polar surface area (TPSA) is 50.9 Å². The first-order chi connectivity index (χ1) is 10.5. The van der Waals surface area contributed by atoms with Crippen LogP contribution in [0.2, 0.25) is 0 Å². The van der Waals surface area contributed by atoms with Gasteiger partial charge < -0.3 is 9.67 Å². The molecule has 0 fully saturated rings. The number of hydrogen-bond acceptors (Lipinski definition) is 4. The summed E-state index contributed by atoms with van der Waals surface area (Å²) in [5, 5.41) is 20.6. The summed E-state index contributed by atoms with van der Waals surface area (Å²) in [6.07, 6.45) is 2.02. The second kappa shape index (κ2) is 5.32. The number of phenolic OH excluding ortho intramolecular Hbond substituents is 1. The van der Waals surface area contributed by atoms with E-state index in [9.17, 15) is 5.11 Å². The highest BCUT2D eigenvalue weighted by atomic mass is 32.2. The highest BCUT2D eigenvalue weighted by molar-refractivity contribution is 7.98. The Morgan fingerprint density at radius 1 is 0.955 bits per heavy atom. The monoisotopic (exact) mass is 313 g/mol. The van der Waals surface area contributed by atoms with Gasteiger partial charge in [0.25, 0.3) is 0 Å². The predicted octanol–water partition coefficient (Wildman–Crippen LogP) is 4.08. The van der Waals surface area contributed by atoms with Gasteiger partial charge in [-0.05, 0) is 52.1 Å². The summed E-state index contributed by atoms with van der Waals surface area (Å²) in [7, 11) is 0. The Balaban J connectivity index is 2.43. The molecule has 3 aromatic rings. The minimum atomic E-state index is 0.288. The van der Waals surface area contributed by atoms with E-state index in [1.54, 1.807) is 23.9 Å². The van der Waals surface area contributed by atoms with E-state index >= 15 is 0 Å². The molecule has 0 bridgehead atoms. The molecule has 0 atom stereocenters. The molecular formula is C17H19N3OS. The van der Waals surface area contributed by atoms with Crippen LogP contribution in [0.3, 0.4) is 0 Å². The van der Waals surface area contributed by atoms with Crippen molar-refractivity contribution in [2.45, 2.75) is 32.6 Å². The highest BCUT2D eigenvalue weighted by Gasteiger charge is 2.19. The Morgan fingerprint density at radius 2 is 1.50 bits per heavy atom. The zero-order chi connectivity index (χ0) is 16.0. The average molecular weight is 313 g/mol. The van der Waals surface area contributed by atoms with Gasteiger partial charge in [0.2, 0.25) is 0 Å². The number of hydrogen-bond donors (Lipinski definition) is 1. The van der Waals surface area contributed by atoms with E-state index in [0.717, 1.165) is 33.4 Å². The van der Waals surface area contributed by atoms with Gasteiger partial charge in [0.05, 0.1) is 17.1 Å². The minimum Gasteiger partial charge on any atom is -0.508 e. The molecule has 5 heteroatoms. The lowest BCUT2D eigenvalue weighted by molar-refractivity contribution is 0.473. The first kappa shape index (κ1) is 14.9. The fourth-order valence-corrected chi connectivity index (χ4v) is 3.79. The Bertz CT molecular complexity index is 838. The van der Waals surface area contributed by atoms with Crippen molar-refractivity contribution in [2.24, 2.45) is 0 Å². The van der Waals surface area contributed by atoms with E-state index in [-0.39, 0.29) is 5.75 Å². The van der Waals surface area contributed by atoms with E-state index < -0.39 is 0 Å². The summed E-state index contributed by atoms with van der Waals surface area (Å²) < 4.78 is 2.24. The van der Waals surface area contributed by atoms with E-state index in [1.165, 1.54) is 10.8 Å². The average Bonchev–Trinajstić information content (AvgIpc) is 2.76. The maximum absolute atomic E-state index is 9.74. The molecule has 22 heavy (non-hydrogen) atoms. The molecule has 0 spiro atoms. The SMILES string of the molecule is CSc1cc(O)ccc1-n1c(C)c2c(C)nnc(C)c2c1C. The number of aromatic hydroxyl groups is 1. The number of thioether (sulfide) groups is 1. The van der Waals surface area contributed by atoms with Gasteiger partial charge in [-0.3, -0.25) is 0 Å². The smallest absolute Gasteiger partial charge is 0.116 e. The van der Waals surface area contributed by atoms with Crippen molar-refractivity contribution < 1.29 is 5.11 Å². The standard InChI is InChI=1S/C17H19N3OS/c1-9-16-11(3)20(12(4)17(16)10(2)19-18-9)14-7-6-13(21)8-15(14)22-5/h6-8,21H,1-5H3.